The van der Waals surface area contributed by atoms with Crippen LogP contribution in [0.3, 0.4) is 0 Å². The Hall–Kier alpha value is -4.32. The van der Waals surface area contributed by atoms with Crippen LogP contribution in [0.25, 0.3) is 0 Å². The predicted octanol–water partition coefficient (Wildman–Crippen LogP) is 5.31. The van der Waals surface area contributed by atoms with Crippen LogP contribution in [-0.2, 0) is 19.3 Å². The van der Waals surface area contributed by atoms with Gasteiger partial charge in [-0.1, -0.05) is 47.5 Å². The molecule has 35 heavy (non-hydrogen) atoms. The summed E-state index contributed by atoms with van der Waals surface area (Å²) in [5.41, 5.74) is 5.52. The number of rotatable bonds is 6. The summed E-state index contributed by atoms with van der Waals surface area (Å²) in [6.45, 7) is 3.83. The highest BCUT2D eigenvalue weighted by molar-refractivity contribution is 5.54. The molecule has 6 N–H and O–H groups in total. The van der Waals surface area contributed by atoms with Crippen molar-refractivity contribution in [3.8, 4) is 34.5 Å². The van der Waals surface area contributed by atoms with Crippen LogP contribution in [0.2, 0.25) is 0 Å². The first kappa shape index (κ1) is 23.8. The lowest BCUT2D eigenvalue weighted by Crippen LogP contribution is -1.99. The first-order valence-corrected chi connectivity index (χ1v) is 11.2. The first-order chi connectivity index (χ1) is 16.6. The molecule has 0 atom stereocenters. The molecule has 0 saturated carbocycles. The van der Waals surface area contributed by atoms with E-state index in [4.69, 9.17) is 0 Å². The molecule has 4 aromatic carbocycles. The number of aromatic hydroxyl groups is 6. The summed E-state index contributed by atoms with van der Waals surface area (Å²) < 4.78 is 0. The van der Waals surface area contributed by atoms with Gasteiger partial charge in [0.25, 0.3) is 0 Å². The summed E-state index contributed by atoms with van der Waals surface area (Å²) in [7, 11) is 0. The first-order valence-electron chi connectivity index (χ1n) is 11.2. The highest BCUT2D eigenvalue weighted by Crippen LogP contribution is 2.36. The molecule has 0 saturated heterocycles. The van der Waals surface area contributed by atoms with Crippen LogP contribution < -0.4 is 0 Å². The number of hydrogen-bond acceptors (Lipinski definition) is 6. The summed E-state index contributed by atoms with van der Waals surface area (Å²) in [6.07, 6.45) is 0.833. The Balaban J connectivity index is 1.67. The second-order valence-electron chi connectivity index (χ2n) is 9.02. The van der Waals surface area contributed by atoms with Crippen LogP contribution in [-0.4, -0.2) is 30.6 Å². The molecule has 0 bridgehead atoms. The van der Waals surface area contributed by atoms with Crippen molar-refractivity contribution in [3.05, 3.63) is 105 Å². The SMILES string of the molecule is Cc1cc(Cc2ccc(O)cc2O)c(O)c(Cc2cc(C)cc(Cc3ccc(O)cc3O)c2O)c1. The zero-order valence-electron chi connectivity index (χ0n) is 19.6. The van der Waals surface area contributed by atoms with Crippen LogP contribution in [0.5, 0.6) is 34.5 Å². The van der Waals surface area contributed by atoms with Crippen molar-refractivity contribution in [1.82, 2.24) is 0 Å². The van der Waals surface area contributed by atoms with E-state index in [2.05, 4.69) is 0 Å². The molecule has 4 aromatic rings. The van der Waals surface area contributed by atoms with Gasteiger partial charge in [0.1, 0.15) is 34.5 Å². The van der Waals surface area contributed by atoms with Crippen molar-refractivity contribution in [2.24, 2.45) is 0 Å². The molecule has 0 amide bonds. The van der Waals surface area contributed by atoms with Gasteiger partial charge in [0.2, 0.25) is 0 Å². The number of phenolic OH excluding ortho intramolecular Hbond substituents is 6. The van der Waals surface area contributed by atoms with Gasteiger partial charge in [-0.3, -0.25) is 0 Å². The van der Waals surface area contributed by atoms with Gasteiger partial charge in [-0.2, -0.15) is 0 Å². The molecule has 0 aliphatic heterocycles. The summed E-state index contributed by atoms with van der Waals surface area (Å²) in [5, 5.41) is 61.5. The largest absolute Gasteiger partial charge is 0.508 e. The third kappa shape index (κ3) is 5.27. The van der Waals surface area contributed by atoms with Crippen LogP contribution in [0.4, 0.5) is 0 Å². The predicted molar refractivity (Wildman–Crippen MR) is 134 cm³/mol. The topological polar surface area (TPSA) is 121 Å². The van der Waals surface area contributed by atoms with Gasteiger partial charge in [0.05, 0.1) is 0 Å². The fourth-order valence-electron chi connectivity index (χ4n) is 4.43. The molecule has 0 radical (unpaired) electrons. The third-order valence-electron chi connectivity index (χ3n) is 6.10. The van der Waals surface area contributed by atoms with Crippen LogP contribution >= 0.6 is 0 Å². The van der Waals surface area contributed by atoms with Gasteiger partial charge >= 0.3 is 0 Å². The van der Waals surface area contributed by atoms with Gasteiger partial charge in [0.15, 0.2) is 0 Å². The van der Waals surface area contributed by atoms with E-state index in [1.807, 2.05) is 38.1 Å². The Morgan fingerprint density at radius 2 is 0.743 bits per heavy atom. The molecule has 6 nitrogen and oxygen atoms in total. The van der Waals surface area contributed by atoms with Crippen molar-refractivity contribution < 1.29 is 30.6 Å². The highest BCUT2D eigenvalue weighted by Gasteiger charge is 2.17. The Morgan fingerprint density at radius 1 is 0.429 bits per heavy atom. The molecule has 0 aromatic heterocycles. The number of aryl methyl sites for hydroxylation is 2. The van der Waals surface area contributed by atoms with E-state index in [1.54, 1.807) is 12.1 Å². The summed E-state index contributed by atoms with van der Waals surface area (Å²) in [5.74, 6) is -0.00116. The second kappa shape index (κ2) is 9.50. The Bertz CT molecular complexity index is 1300. The highest BCUT2D eigenvalue weighted by atomic mass is 16.3. The van der Waals surface area contributed by atoms with Gasteiger partial charge in [-0.25, -0.2) is 0 Å². The monoisotopic (exact) mass is 472 g/mol. The van der Waals surface area contributed by atoms with Crippen molar-refractivity contribution in [3.63, 3.8) is 0 Å². The normalized spacial score (nSPS) is 11.0. The van der Waals surface area contributed by atoms with Gasteiger partial charge in [0, 0.05) is 31.4 Å². The van der Waals surface area contributed by atoms with E-state index in [0.717, 1.165) is 11.1 Å². The summed E-state index contributed by atoms with van der Waals surface area (Å²) in [6, 6.07) is 16.2. The molecule has 0 heterocycles. The quantitative estimate of drug-likeness (QED) is 0.226. The van der Waals surface area contributed by atoms with E-state index in [-0.39, 0.29) is 53.8 Å². The maximum atomic E-state index is 11.0. The molecule has 0 aliphatic rings. The van der Waals surface area contributed by atoms with Crippen molar-refractivity contribution in [2.75, 3.05) is 0 Å². The third-order valence-corrected chi connectivity index (χ3v) is 6.10. The molecule has 0 fully saturated rings. The fraction of sp³-hybridized carbons (Fsp3) is 0.172. The standard InChI is InChI=1S/C29H28O6/c1-16-7-20(11-18-3-5-24(30)14-26(18)32)28(34)22(9-16)13-23-10-17(2)8-21(29(23)35)12-19-4-6-25(31)15-27(19)33/h3-10,14-15,30-35H,11-13H2,1-2H3. The zero-order valence-corrected chi connectivity index (χ0v) is 19.6. The second-order valence-corrected chi connectivity index (χ2v) is 9.02. The van der Waals surface area contributed by atoms with E-state index in [0.29, 0.717) is 33.4 Å². The Kier molecular flexibility index (Phi) is 6.47. The zero-order chi connectivity index (χ0) is 25.3. The molecule has 0 unspecified atom stereocenters. The van der Waals surface area contributed by atoms with Crippen molar-refractivity contribution >= 4 is 0 Å². The molecular formula is C29H28O6. The number of hydrogen-bond donors (Lipinski definition) is 6. The number of phenols is 6. The molecule has 0 aliphatic carbocycles. The van der Waals surface area contributed by atoms with Gasteiger partial charge in [-0.05, 0) is 59.4 Å². The minimum Gasteiger partial charge on any atom is -0.508 e. The molecule has 0 spiro atoms. The minimum atomic E-state index is -0.0501. The lowest BCUT2D eigenvalue weighted by Gasteiger charge is -2.16. The van der Waals surface area contributed by atoms with E-state index in [1.165, 1.54) is 24.3 Å². The summed E-state index contributed by atoms with van der Waals surface area (Å²) in [4.78, 5) is 0. The van der Waals surface area contributed by atoms with E-state index < -0.39 is 0 Å². The average Bonchev–Trinajstić information content (AvgIpc) is 2.78. The molecule has 6 heteroatoms. The van der Waals surface area contributed by atoms with E-state index >= 15 is 0 Å². The lowest BCUT2D eigenvalue weighted by molar-refractivity contribution is 0.444. The molecule has 180 valence electrons. The average molecular weight is 473 g/mol. The van der Waals surface area contributed by atoms with Crippen LogP contribution in [0, 0.1) is 13.8 Å². The maximum Gasteiger partial charge on any atom is 0.122 e. The lowest BCUT2D eigenvalue weighted by atomic mass is 9.92. The number of benzene rings is 4. The Labute approximate surface area is 203 Å². The van der Waals surface area contributed by atoms with Crippen molar-refractivity contribution in [2.45, 2.75) is 33.1 Å². The summed E-state index contributed by atoms with van der Waals surface area (Å²) >= 11 is 0. The van der Waals surface area contributed by atoms with Crippen LogP contribution in [0.1, 0.15) is 44.5 Å². The van der Waals surface area contributed by atoms with E-state index in [9.17, 15) is 30.6 Å². The fourth-order valence-corrected chi connectivity index (χ4v) is 4.43. The molecule has 4 rings (SSSR count). The van der Waals surface area contributed by atoms with Gasteiger partial charge in [-0.15, -0.1) is 0 Å². The minimum absolute atomic E-state index is 0.0354. The van der Waals surface area contributed by atoms with Gasteiger partial charge < -0.3 is 30.6 Å². The molecular weight excluding hydrogens is 444 g/mol. The van der Waals surface area contributed by atoms with Crippen LogP contribution in [0.15, 0.2) is 60.7 Å². The van der Waals surface area contributed by atoms with Crippen molar-refractivity contribution in [1.29, 1.82) is 0 Å². The smallest absolute Gasteiger partial charge is 0.122 e. The maximum absolute atomic E-state index is 11.0. The Morgan fingerprint density at radius 3 is 1.06 bits per heavy atom.